The number of halogens is 1. The Balaban J connectivity index is 1.47. The Morgan fingerprint density at radius 1 is 1.19 bits per heavy atom. The molecule has 0 saturated carbocycles. The molecule has 1 amide bonds. The smallest absolute Gasteiger partial charge is 0.409 e. The second-order valence-corrected chi connectivity index (χ2v) is 8.01. The third-order valence-corrected chi connectivity index (χ3v) is 6.12. The number of likely N-dealkylation sites (N-methyl/N-ethyl adjacent to an activating group) is 1. The first-order valence-corrected chi connectivity index (χ1v) is 11.1. The molecule has 0 aromatic heterocycles. The highest BCUT2D eigenvalue weighted by molar-refractivity contribution is 5.80. The number of carbonyl (C=O) groups excluding carboxylic acids is 1. The average Bonchev–Trinajstić information content (AvgIpc) is 2.81. The number of hydrogen-bond donors (Lipinski definition) is 2. The molecule has 1 aromatic rings. The van der Waals surface area contributed by atoms with E-state index < -0.39 is 0 Å². The van der Waals surface area contributed by atoms with Crippen molar-refractivity contribution < 1.29 is 13.9 Å². The first-order chi connectivity index (χ1) is 15.0. The van der Waals surface area contributed by atoms with Gasteiger partial charge in [-0.15, -0.1) is 0 Å². The highest BCUT2D eigenvalue weighted by atomic mass is 19.1. The number of aliphatic imine (C=N–C) groups is 1. The molecule has 172 valence electrons. The summed E-state index contributed by atoms with van der Waals surface area (Å²) >= 11 is 0. The van der Waals surface area contributed by atoms with Gasteiger partial charge in [-0.05, 0) is 37.1 Å². The molecule has 1 aromatic carbocycles. The number of amides is 1. The highest BCUT2D eigenvalue weighted by Gasteiger charge is 2.24. The Morgan fingerprint density at radius 2 is 1.90 bits per heavy atom. The summed E-state index contributed by atoms with van der Waals surface area (Å²) in [6.07, 6.45) is 1.37. The summed E-state index contributed by atoms with van der Waals surface area (Å²) < 4.78 is 19.5. The van der Waals surface area contributed by atoms with Crippen molar-refractivity contribution in [3.8, 4) is 0 Å². The molecule has 2 aliphatic rings. The number of piperazine rings is 1. The van der Waals surface area contributed by atoms with Gasteiger partial charge in [0.15, 0.2) is 5.96 Å². The Kier molecular flexibility index (Phi) is 8.34. The van der Waals surface area contributed by atoms with Crippen LogP contribution >= 0.6 is 0 Å². The zero-order valence-corrected chi connectivity index (χ0v) is 18.9. The van der Waals surface area contributed by atoms with Crippen LogP contribution in [0.2, 0.25) is 0 Å². The van der Waals surface area contributed by atoms with Crippen molar-refractivity contribution in [2.75, 3.05) is 64.9 Å². The van der Waals surface area contributed by atoms with Crippen molar-refractivity contribution in [2.24, 2.45) is 4.99 Å². The predicted molar refractivity (Wildman–Crippen MR) is 121 cm³/mol. The molecule has 2 aliphatic heterocycles. The summed E-state index contributed by atoms with van der Waals surface area (Å²) in [5, 5.41) is 6.66. The van der Waals surface area contributed by atoms with Crippen LogP contribution in [0.1, 0.15) is 25.3 Å². The van der Waals surface area contributed by atoms with Crippen LogP contribution in [-0.2, 0) is 11.3 Å². The minimum atomic E-state index is -0.279. The molecule has 0 spiro atoms. The van der Waals surface area contributed by atoms with Crippen molar-refractivity contribution >= 4 is 17.7 Å². The molecule has 2 fully saturated rings. The SMILES string of the molecule is CCN1CCN(c2ccc(CNC(=NC)NC3CCN(C(=O)OC)CC3)cc2F)CC1. The van der Waals surface area contributed by atoms with E-state index in [9.17, 15) is 9.18 Å². The van der Waals surface area contributed by atoms with E-state index in [0.29, 0.717) is 31.3 Å². The number of piperidine rings is 1. The third-order valence-electron chi connectivity index (χ3n) is 6.12. The van der Waals surface area contributed by atoms with Crippen LogP contribution in [-0.4, -0.2) is 87.9 Å². The van der Waals surface area contributed by atoms with Gasteiger partial charge in [-0.2, -0.15) is 0 Å². The molecule has 0 bridgehead atoms. The van der Waals surface area contributed by atoms with E-state index in [0.717, 1.165) is 51.1 Å². The molecule has 8 nitrogen and oxygen atoms in total. The van der Waals surface area contributed by atoms with E-state index in [-0.39, 0.29) is 18.0 Å². The van der Waals surface area contributed by atoms with Gasteiger partial charge >= 0.3 is 6.09 Å². The number of nitrogens with zero attached hydrogens (tertiary/aromatic N) is 4. The average molecular weight is 435 g/mol. The number of guanidine groups is 1. The summed E-state index contributed by atoms with van der Waals surface area (Å²) in [6.45, 7) is 8.65. The number of methoxy groups -OCH3 is 1. The number of rotatable bonds is 5. The number of hydrogen-bond acceptors (Lipinski definition) is 5. The largest absolute Gasteiger partial charge is 0.453 e. The first-order valence-electron chi connectivity index (χ1n) is 11.1. The van der Waals surface area contributed by atoms with Crippen LogP contribution in [0, 0.1) is 5.82 Å². The maximum absolute atomic E-state index is 14.8. The molecule has 0 atom stereocenters. The van der Waals surface area contributed by atoms with E-state index >= 15 is 0 Å². The van der Waals surface area contributed by atoms with Gasteiger partial charge in [0.25, 0.3) is 0 Å². The minimum absolute atomic E-state index is 0.178. The minimum Gasteiger partial charge on any atom is -0.453 e. The van der Waals surface area contributed by atoms with Crippen molar-refractivity contribution in [1.82, 2.24) is 20.4 Å². The van der Waals surface area contributed by atoms with Crippen molar-refractivity contribution in [1.29, 1.82) is 0 Å². The quantitative estimate of drug-likeness (QED) is 0.545. The van der Waals surface area contributed by atoms with Gasteiger partial charge < -0.3 is 30.1 Å². The Bertz CT molecular complexity index is 758. The van der Waals surface area contributed by atoms with Crippen LogP contribution in [0.25, 0.3) is 0 Å². The van der Waals surface area contributed by atoms with Crippen molar-refractivity contribution in [3.63, 3.8) is 0 Å². The number of likely N-dealkylation sites (tertiary alicyclic amines) is 1. The zero-order chi connectivity index (χ0) is 22.2. The lowest BCUT2D eigenvalue weighted by Crippen LogP contribution is -2.49. The number of benzene rings is 1. The Labute approximate surface area is 184 Å². The first kappa shape index (κ1) is 23.1. The molecule has 3 rings (SSSR count). The lowest BCUT2D eigenvalue weighted by Gasteiger charge is -2.35. The summed E-state index contributed by atoms with van der Waals surface area (Å²) in [6, 6.07) is 5.69. The van der Waals surface area contributed by atoms with Crippen molar-refractivity contribution in [3.05, 3.63) is 29.6 Å². The summed E-state index contributed by atoms with van der Waals surface area (Å²) in [4.78, 5) is 22.1. The highest BCUT2D eigenvalue weighted by Crippen LogP contribution is 2.22. The number of ether oxygens (including phenoxy) is 1. The van der Waals surface area contributed by atoms with Crippen LogP contribution in [0.3, 0.4) is 0 Å². The van der Waals surface area contributed by atoms with Gasteiger partial charge in [0.1, 0.15) is 5.82 Å². The molecular weight excluding hydrogens is 399 g/mol. The molecule has 2 heterocycles. The lowest BCUT2D eigenvalue weighted by molar-refractivity contribution is 0.111. The fourth-order valence-electron chi connectivity index (χ4n) is 4.13. The summed E-state index contributed by atoms with van der Waals surface area (Å²) in [5.41, 5.74) is 1.55. The second-order valence-electron chi connectivity index (χ2n) is 8.01. The zero-order valence-electron chi connectivity index (χ0n) is 18.9. The summed E-state index contributed by atoms with van der Waals surface area (Å²) in [5.74, 6) is 0.499. The standard InChI is InChI=1S/C22H35FN6O2/c1-4-27-11-13-28(14-12-27)20-6-5-17(15-19(20)23)16-25-21(24-2)26-18-7-9-29(10-8-18)22(30)31-3/h5-6,15,18H,4,7-14,16H2,1-3H3,(H2,24,25,26). The van der Waals surface area contributed by atoms with Gasteiger partial charge in [0.05, 0.1) is 12.8 Å². The topological polar surface area (TPSA) is 72.4 Å². The molecule has 2 N–H and O–H groups in total. The predicted octanol–water partition coefficient (Wildman–Crippen LogP) is 1.86. The Hall–Kier alpha value is -2.55. The fourth-order valence-corrected chi connectivity index (χ4v) is 4.13. The molecule has 31 heavy (non-hydrogen) atoms. The normalized spacial score (nSPS) is 18.8. The molecular formula is C22H35FN6O2. The number of anilines is 1. The van der Waals surface area contributed by atoms with Gasteiger partial charge in [0, 0.05) is 58.9 Å². The van der Waals surface area contributed by atoms with E-state index in [4.69, 9.17) is 4.74 Å². The third kappa shape index (κ3) is 6.22. The maximum atomic E-state index is 14.8. The summed E-state index contributed by atoms with van der Waals surface area (Å²) in [7, 11) is 3.12. The molecule has 0 unspecified atom stereocenters. The van der Waals surface area contributed by atoms with Crippen LogP contribution < -0.4 is 15.5 Å². The van der Waals surface area contributed by atoms with E-state index in [1.807, 2.05) is 12.1 Å². The maximum Gasteiger partial charge on any atom is 0.409 e. The van der Waals surface area contributed by atoms with Crippen LogP contribution in [0.5, 0.6) is 0 Å². The lowest BCUT2D eigenvalue weighted by atomic mass is 10.1. The molecule has 0 radical (unpaired) electrons. The second kappa shape index (κ2) is 11.2. The molecule has 9 heteroatoms. The monoisotopic (exact) mass is 434 g/mol. The van der Waals surface area contributed by atoms with E-state index in [1.54, 1.807) is 18.0 Å². The molecule has 2 saturated heterocycles. The number of nitrogens with one attached hydrogen (secondary N) is 2. The fraction of sp³-hybridized carbons (Fsp3) is 0.636. The Morgan fingerprint density at radius 3 is 2.48 bits per heavy atom. The van der Waals surface area contributed by atoms with E-state index in [1.165, 1.54) is 7.11 Å². The van der Waals surface area contributed by atoms with Gasteiger partial charge in [-0.25, -0.2) is 9.18 Å². The van der Waals surface area contributed by atoms with Crippen LogP contribution in [0.15, 0.2) is 23.2 Å². The van der Waals surface area contributed by atoms with Gasteiger partial charge in [0.2, 0.25) is 0 Å². The van der Waals surface area contributed by atoms with Crippen LogP contribution in [0.4, 0.5) is 14.9 Å². The van der Waals surface area contributed by atoms with Gasteiger partial charge in [-0.1, -0.05) is 13.0 Å². The number of carbonyl (C=O) groups is 1. The van der Waals surface area contributed by atoms with Gasteiger partial charge in [-0.3, -0.25) is 4.99 Å². The molecule has 0 aliphatic carbocycles. The van der Waals surface area contributed by atoms with E-state index in [2.05, 4.69) is 32.3 Å². The van der Waals surface area contributed by atoms with Crippen molar-refractivity contribution in [2.45, 2.75) is 32.4 Å².